The third kappa shape index (κ3) is 26.3. The number of urea groups is 2. The molecule has 5 rings (SSSR count). The lowest BCUT2D eigenvalue weighted by atomic mass is 10.1. The Balaban J connectivity index is 0.996. The second kappa shape index (κ2) is 37.1. The molecule has 2 heterocycles. The number of amides is 5. The minimum atomic E-state index is -1.51. The lowest BCUT2D eigenvalue weighted by Gasteiger charge is -2.24. The number of aryl methyl sites for hydroxylation is 1. The first kappa shape index (κ1) is 66.6. The SMILES string of the molecule is O=C(O)CCC(NC(=O)NC(CCCCNC(=O)CCCCCN(Cc1ccc(OCc2cn(CCCNC(=O)N(CCNCNCC/N=C\c3ccccc3O)Cc3ccccc3O)nn2)cc1)Cc1nccn1CC(=O)O)C(=O)O)C(=O)O. The van der Waals surface area contributed by atoms with E-state index >= 15 is 0 Å². The van der Waals surface area contributed by atoms with Crippen LogP contribution in [0.4, 0.5) is 9.59 Å². The van der Waals surface area contributed by atoms with Crippen LogP contribution < -0.4 is 36.6 Å². The molecule has 0 spiro atoms. The zero-order chi connectivity index (χ0) is 61.2. The van der Waals surface area contributed by atoms with Gasteiger partial charge in [0.05, 0.1) is 25.8 Å². The fourth-order valence-electron chi connectivity index (χ4n) is 8.58. The Bertz CT molecular complexity index is 2920. The van der Waals surface area contributed by atoms with E-state index in [0.717, 1.165) is 18.4 Å². The predicted molar refractivity (Wildman–Crippen MR) is 309 cm³/mol. The van der Waals surface area contributed by atoms with Crippen LogP contribution in [0.3, 0.4) is 0 Å². The summed E-state index contributed by atoms with van der Waals surface area (Å²) in [7, 11) is 0. The number of hydrogen-bond donors (Lipinski definition) is 12. The van der Waals surface area contributed by atoms with Crippen molar-refractivity contribution in [3.63, 3.8) is 0 Å². The van der Waals surface area contributed by atoms with Gasteiger partial charge in [0.2, 0.25) is 5.91 Å². The molecule has 0 fully saturated rings. The van der Waals surface area contributed by atoms with Crippen molar-refractivity contribution in [3.05, 3.63) is 120 Å². The minimum Gasteiger partial charge on any atom is -0.508 e. The van der Waals surface area contributed by atoms with E-state index in [1.165, 1.54) is 0 Å². The van der Waals surface area contributed by atoms with Crippen molar-refractivity contribution in [2.24, 2.45) is 4.99 Å². The quantitative estimate of drug-likeness (QED) is 0.0151. The highest BCUT2D eigenvalue weighted by molar-refractivity contribution is 5.86. The maximum atomic E-state index is 13.4. The van der Waals surface area contributed by atoms with Gasteiger partial charge in [-0.05, 0) is 87.4 Å². The van der Waals surface area contributed by atoms with E-state index < -0.39 is 48.4 Å². The van der Waals surface area contributed by atoms with Crippen LogP contribution in [-0.4, -0.2) is 178 Å². The second-order valence-electron chi connectivity index (χ2n) is 19.9. The molecule has 0 radical (unpaired) electrons. The number of aliphatic imine (C=N–C) groups is 1. The van der Waals surface area contributed by atoms with Gasteiger partial charge in [0.1, 0.15) is 54.0 Å². The third-order valence-electron chi connectivity index (χ3n) is 13.1. The summed E-state index contributed by atoms with van der Waals surface area (Å²) in [5.41, 5.74) is 2.86. The summed E-state index contributed by atoms with van der Waals surface area (Å²) in [6.45, 7) is 5.27. The summed E-state index contributed by atoms with van der Waals surface area (Å²) < 4.78 is 9.31. The first-order valence-corrected chi connectivity index (χ1v) is 28.1. The fraction of sp³-hybridized carbons (Fsp3) is 0.456. The highest BCUT2D eigenvalue weighted by atomic mass is 16.5. The summed E-state index contributed by atoms with van der Waals surface area (Å²) in [4.78, 5) is 96.3. The predicted octanol–water partition coefficient (Wildman–Crippen LogP) is 3.33. The number of imidazole rings is 1. The molecule has 0 saturated carbocycles. The Labute approximate surface area is 491 Å². The number of hydrogen-bond acceptors (Lipinski definition) is 17. The van der Waals surface area contributed by atoms with E-state index in [-0.39, 0.29) is 68.9 Å². The Kier molecular flexibility index (Phi) is 29.1. The van der Waals surface area contributed by atoms with E-state index in [1.807, 2.05) is 36.4 Å². The first-order valence-electron chi connectivity index (χ1n) is 28.1. The number of phenolic OH excluding ortho intramolecular Hbond substituents is 2. The molecule has 0 saturated heterocycles. The lowest BCUT2D eigenvalue weighted by Crippen LogP contribution is -2.51. The number of aromatic hydroxyl groups is 2. The smallest absolute Gasteiger partial charge is 0.326 e. The standard InChI is InChI=1S/C57H78N14O14/c72-48-14-5-3-11-42(48)33-58-25-26-59-40-60-27-31-70(35-43-12-4-6-15-49(43)73)57(84)63-24-10-30-71-36-44(66-67-71)39-85-45-19-17-41(18-20-45)34-68(37-50-61-28-32-69(50)38-53(77)78)29-9-1-2-16-51(74)62-23-8-7-13-46(54(79)80)64-56(83)65-47(55(81)82)21-22-52(75)76/h3-6,11-12,14-15,17-20,28,32-33,36,46-47,59-60,72-73H,1-2,7-10,13,16,21-27,29-31,34-35,37-40H2,(H,62,74)(H,63,84)(H,75,76)(H,77,78)(H,79,80)(H,81,82)(H2,64,65,83)/b58-33-. The molecule has 28 nitrogen and oxygen atoms in total. The van der Waals surface area contributed by atoms with Crippen molar-refractivity contribution in [2.75, 3.05) is 52.5 Å². The number of para-hydroxylation sites is 2. The summed E-state index contributed by atoms with van der Waals surface area (Å²) in [6, 6.07) is 17.3. The Morgan fingerprint density at radius 2 is 1.41 bits per heavy atom. The third-order valence-corrected chi connectivity index (χ3v) is 13.1. The second-order valence-corrected chi connectivity index (χ2v) is 19.9. The molecule has 0 aliphatic carbocycles. The molecule has 460 valence electrons. The van der Waals surface area contributed by atoms with Crippen LogP contribution in [0.5, 0.6) is 17.2 Å². The van der Waals surface area contributed by atoms with Gasteiger partial charge in [-0.25, -0.2) is 24.2 Å². The van der Waals surface area contributed by atoms with Crippen LogP contribution in [0.25, 0.3) is 0 Å². The van der Waals surface area contributed by atoms with Crippen LogP contribution in [0.15, 0.2) is 96.4 Å². The number of aromatic nitrogens is 5. The number of aliphatic carboxylic acids is 4. The molecule has 2 atom stereocenters. The van der Waals surface area contributed by atoms with Crippen LogP contribution >= 0.6 is 0 Å². The average Bonchev–Trinajstić information content (AvgIpc) is 4.21. The number of carboxylic acids is 4. The molecule has 2 aromatic heterocycles. The summed E-state index contributed by atoms with van der Waals surface area (Å²) in [6.07, 6.45) is 9.34. The van der Waals surface area contributed by atoms with Crippen molar-refractivity contribution in [1.82, 2.24) is 66.2 Å². The molecule has 0 bridgehead atoms. The Morgan fingerprint density at radius 3 is 2.14 bits per heavy atom. The zero-order valence-corrected chi connectivity index (χ0v) is 47.4. The number of rotatable bonds is 42. The zero-order valence-electron chi connectivity index (χ0n) is 47.4. The number of carbonyl (C=O) groups excluding carboxylic acids is 3. The molecule has 85 heavy (non-hydrogen) atoms. The number of nitrogens with zero attached hydrogens (tertiary/aromatic N) is 8. The highest BCUT2D eigenvalue weighted by Gasteiger charge is 2.25. The summed E-state index contributed by atoms with van der Waals surface area (Å²) >= 11 is 0. The van der Waals surface area contributed by atoms with E-state index in [4.69, 9.17) is 9.84 Å². The maximum absolute atomic E-state index is 13.4. The van der Waals surface area contributed by atoms with Gasteiger partial charge in [-0.1, -0.05) is 54.1 Å². The van der Waals surface area contributed by atoms with Crippen molar-refractivity contribution in [3.8, 4) is 17.2 Å². The van der Waals surface area contributed by atoms with Crippen LogP contribution in [0.1, 0.15) is 92.4 Å². The first-order chi connectivity index (χ1) is 41.0. The van der Waals surface area contributed by atoms with E-state index in [2.05, 4.69) is 57.1 Å². The normalized spacial score (nSPS) is 11.9. The molecular weight excluding hydrogens is 1100 g/mol. The van der Waals surface area contributed by atoms with Gasteiger partial charge in [-0.15, -0.1) is 5.10 Å². The molecule has 12 N–H and O–H groups in total. The van der Waals surface area contributed by atoms with Gasteiger partial charge in [-0.3, -0.25) is 29.0 Å². The highest BCUT2D eigenvalue weighted by Crippen LogP contribution is 2.20. The minimum absolute atomic E-state index is 0.00523. The summed E-state index contributed by atoms with van der Waals surface area (Å²) in [5.74, 6) is -3.73. The van der Waals surface area contributed by atoms with Crippen LogP contribution in [-0.2, 0) is 63.3 Å². The monoisotopic (exact) mass is 1180 g/mol. The Hall–Kier alpha value is -9.15. The molecule has 0 aliphatic heterocycles. The van der Waals surface area contributed by atoms with E-state index in [0.29, 0.717) is 120 Å². The number of phenols is 2. The van der Waals surface area contributed by atoms with Crippen molar-refractivity contribution >= 4 is 48.1 Å². The van der Waals surface area contributed by atoms with Gasteiger partial charge < -0.3 is 76.7 Å². The molecular formula is C57H78N14O14. The van der Waals surface area contributed by atoms with Gasteiger partial charge in [0.15, 0.2) is 0 Å². The van der Waals surface area contributed by atoms with Gasteiger partial charge >= 0.3 is 35.9 Å². The lowest BCUT2D eigenvalue weighted by molar-refractivity contribution is -0.141. The number of ether oxygens (including phenoxy) is 1. The van der Waals surface area contributed by atoms with Crippen molar-refractivity contribution < 1.29 is 68.9 Å². The maximum Gasteiger partial charge on any atom is 0.326 e. The van der Waals surface area contributed by atoms with Gasteiger partial charge in [0.25, 0.3) is 0 Å². The largest absolute Gasteiger partial charge is 0.508 e. The molecule has 2 unspecified atom stereocenters. The van der Waals surface area contributed by atoms with Crippen molar-refractivity contribution in [2.45, 2.75) is 116 Å². The topological polar surface area (TPSA) is 390 Å². The number of benzene rings is 3. The van der Waals surface area contributed by atoms with E-state index in [9.17, 15) is 59.1 Å². The van der Waals surface area contributed by atoms with Crippen LogP contribution in [0, 0.1) is 0 Å². The number of nitrogens with one attached hydrogen (secondary N) is 6. The molecule has 5 amide bonds. The Morgan fingerprint density at radius 1 is 0.694 bits per heavy atom. The number of unbranched alkanes of at least 4 members (excludes halogenated alkanes) is 3. The molecule has 0 aliphatic rings. The fourth-order valence-corrected chi connectivity index (χ4v) is 8.58. The average molecular weight is 1180 g/mol. The molecule has 3 aromatic carbocycles. The summed E-state index contributed by atoms with van der Waals surface area (Å²) in [5, 5.41) is 82.5. The number of carbonyl (C=O) groups is 7. The van der Waals surface area contributed by atoms with Crippen LogP contribution in [0.2, 0.25) is 0 Å². The van der Waals surface area contributed by atoms with Crippen molar-refractivity contribution in [1.29, 1.82) is 0 Å². The number of carboxylic acid groups (broad SMARTS) is 4. The van der Waals surface area contributed by atoms with Gasteiger partial charge in [0, 0.05) is 95.1 Å². The molecule has 5 aromatic rings. The van der Waals surface area contributed by atoms with Gasteiger partial charge in [-0.2, -0.15) is 0 Å². The molecule has 28 heteroatoms. The van der Waals surface area contributed by atoms with E-state index in [1.54, 1.807) is 75.4 Å².